The van der Waals surface area contributed by atoms with Crippen molar-refractivity contribution in [3.05, 3.63) is 115 Å². The maximum atomic E-state index is 6.15. The first-order chi connectivity index (χ1) is 19.8. The monoisotopic (exact) mass is 744 g/mol. The maximum Gasteiger partial charge on any atom is 0.120 e. The molecular weight excluding hydrogens is 711 g/mol. The van der Waals surface area contributed by atoms with E-state index in [1.807, 2.05) is 54.7 Å². The Morgan fingerprint density at radius 2 is 1.64 bits per heavy atom. The molecular formula is C36H33IrN3OSi-2. The summed E-state index contributed by atoms with van der Waals surface area (Å²) >= 11 is 0. The molecule has 4 aromatic carbocycles. The fourth-order valence-corrected chi connectivity index (χ4v) is 6.14. The largest absolute Gasteiger partial charge is 0.501 e. The van der Waals surface area contributed by atoms with Crippen LogP contribution < -0.4 is 5.19 Å². The first-order valence-corrected chi connectivity index (χ1v) is 17.6. The molecule has 0 aliphatic rings. The van der Waals surface area contributed by atoms with Crippen LogP contribution >= 0.6 is 0 Å². The van der Waals surface area contributed by atoms with Crippen LogP contribution in [0.25, 0.3) is 55.6 Å². The molecule has 0 spiro atoms. The van der Waals surface area contributed by atoms with E-state index >= 15 is 0 Å². The van der Waals surface area contributed by atoms with Crippen molar-refractivity contribution >= 4 is 46.2 Å². The van der Waals surface area contributed by atoms with Crippen LogP contribution in [-0.2, 0) is 26.7 Å². The number of hydrogen-bond acceptors (Lipinski definition) is 3. The predicted molar refractivity (Wildman–Crippen MR) is 173 cm³/mol. The van der Waals surface area contributed by atoms with Gasteiger partial charge in [0, 0.05) is 38.2 Å². The normalized spacial score (nSPS) is 11.4. The summed E-state index contributed by atoms with van der Waals surface area (Å²) in [6.07, 6.45) is 2.02. The first kappa shape index (κ1) is 29.7. The molecule has 3 heterocycles. The molecule has 42 heavy (non-hydrogen) atoms. The summed E-state index contributed by atoms with van der Waals surface area (Å²) < 4.78 is 8.36. The summed E-state index contributed by atoms with van der Waals surface area (Å²) in [4.78, 5) is 9.39. The Hall–Kier alpha value is -3.83. The molecule has 1 radical (unpaired) electrons. The number of fused-ring (bicyclic) bond motifs is 4. The van der Waals surface area contributed by atoms with Crippen LogP contribution in [0.1, 0.15) is 12.5 Å². The number of imidazole rings is 1. The molecule has 0 amide bonds. The number of benzene rings is 4. The molecule has 6 heteroatoms. The van der Waals surface area contributed by atoms with E-state index in [2.05, 4.69) is 97.6 Å². The van der Waals surface area contributed by atoms with Gasteiger partial charge < -0.3 is 14.0 Å². The van der Waals surface area contributed by atoms with Gasteiger partial charge >= 0.3 is 0 Å². The van der Waals surface area contributed by atoms with E-state index in [0.29, 0.717) is 0 Å². The number of nitrogens with zero attached hydrogens (tertiary/aromatic N) is 3. The molecule has 3 aromatic heterocycles. The molecule has 0 unspecified atom stereocenters. The van der Waals surface area contributed by atoms with Crippen LogP contribution in [0.3, 0.4) is 0 Å². The molecule has 0 fully saturated rings. The number of furan rings is 1. The summed E-state index contributed by atoms with van der Waals surface area (Å²) in [5, 5.41) is 3.63. The Labute approximate surface area is 261 Å². The average Bonchev–Trinajstić information content (AvgIpc) is 3.56. The Morgan fingerprint density at radius 1 is 0.857 bits per heavy atom. The SMILES string of the molecule is CCn1c(-c2[c-]ccc3c2oc2ccccc23)nc2ccccc21.Cc1c[c-]c(-c2ccc([Si](C)(C)C)cn2)cc1.[Ir]. The summed E-state index contributed by atoms with van der Waals surface area (Å²) in [6.45, 7) is 12.1. The third-order valence-electron chi connectivity index (χ3n) is 7.41. The van der Waals surface area contributed by atoms with Crippen LogP contribution in [0.2, 0.25) is 19.6 Å². The fourth-order valence-electron chi connectivity index (χ4n) is 5.10. The fraction of sp³-hybridized carbons (Fsp3) is 0.167. The van der Waals surface area contributed by atoms with Crippen molar-refractivity contribution in [2.45, 2.75) is 40.0 Å². The van der Waals surface area contributed by atoms with Crippen molar-refractivity contribution < 1.29 is 24.5 Å². The molecule has 0 bridgehead atoms. The Balaban J connectivity index is 0.000000174. The topological polar surface area (TPSA) is 43.9 Å². The van der Waals surface area contributed by atoms with E-state index in [-0.39, 0.29) is 20.1 Å². The summed E-state index contributed by atoms with van der Waals surface area (Å²) in [7, 11) is -1.24. The predicted octanol–water partition coefficient (Wildman–Crippen LogP) is 8.82. The number of aryl methyl sites for hydroxylation is 2. The molecule has 0 aliphatic heterocycles. The van der Waals surface area contributed by atoms with Crippen molar-refractivity contribution in [1.82, 2.24) is 14.5 Å². The van der Waals surface area contributed by atoms with Crippen molar-refractivity contribution in [1.29, 1.82) is 0 Å². The van der Waals surface area contributed by atoms with Gasteiger partial charge in [-0.3, -0.25) is 4.98 Å². The molecule has 0 saturated heterocycles. The standard InChI is InChI=1S/C21H15N2O.C15H18NSi.Ir/c1-2-23-18-12-5-4-11-17(18)22-21(23)16-10-7-9-15-14-8-3-6-13-19(14)24-20(15)16;1-12-5-7-13(8-6-12)15-10-9-14(11-16-15)17(2,3)4;/h3-9,11-13H,2H2,1H3;5-7,9-11H,1-4H3;/q2*-1;. The summed E-state index contributed by atoms with van der Waals surface area (Å²) in [5.41, 5.74) is 8.10. The first-order valence-electron chi connectivity index (χ1n) is 14.1. The van der Waals surface area contributed by atoms with Crippen molar-refractivity contribution in [3.63, 3.8) is 0 Å². The quantitative estimate of drug-likeness (QED) is 0.134. The zero-order chi connectivity index (χ0) is 28.6. The van der Waals surface area contributed by atoms with Crippen molar-refractivity contribution in [2.24, 2.45) is 0 Å². The van der Waals surface area contributed by atoms with Crippen LogP contribution in [0.15, 0.2) is 102 Å². The van der Waals surface area contributed by atoms with Crippen LogP contribution in [0, 0.1) is 19.1 Å². The molecule has 0 atom stereocenters. The molecule has 0 aliphatic carbocycles. The second-order valence-electron chi connectivity index (χ2n) is 11.3. The molecule has 213 valence electrons. The van der Waals surface area contributed by atoms with E-state index in [4.69, 9.17) is 9.40 Å². The van der Waals surface area contributed by atoms with Gasteiger partial charge in [-0.25, -0.2) is 0 Å². The van der Waals surface area contributed by atoms with E-state index in [9.17, 15) is 0 Å². The Kier molecular flexibility index (Phi) is 8.60. The van der Waals surface area contributed by atoms with Crippen molar-refractivity contribution in [2.75, 3.05) is 0 Å². The summed E-state index contributed by atoms with van der Waals surface area (Å²) in [5.74, 6) is 0.906. The van der Waals surface area contributed by atoms with Gasteiger partial charge in [0.1, 0.15) is 5.58 Å². The van der Waals surface area contributed by atoms with Gasteiger partial charge in [-0.2, -0.15) is 0 Å². The molecule has 7 rings (SSSR count). The third-order valence-corrected chi connectivity index (χ3v) is 9.43. The van der Waals surface area contributed by atoms with Crippen LogP contribution in [0.5, 0.6) is 0 Å². The number of pyridine rings is 1. The third kappa shape index (κ3) is 5.75. The number of rotatable bonds is 4. The molecule has 0 saturated carbocycles. The minimum Gasteiger partial charge on any atom is -0.501 e. The molecule has 4 nitrogen and oxygen atoms in total. The second kappa shape index (κ2) is 12.2. The Bertz CT molecular complexity index is 1970. The number of para-hydroxylation sites is 3. The zero-order valence-electron chi connectivity index (χ0n) is 24.5. The zero-order valence-corrected chi connectivity index (χ0v) is 27.9. The molecule has 7 aromatic rings. The second-order valence-corrected chi connectivity index (χ2v) is 16.4. The number of aromatic nitrogens is 3. The van der Waals surface area contributed by atoms with Gasteiger partial charge in [0.15, 0.2) is 0 Å². The van der Waals surface area contributed by atoms with Gasteiger partial charge in [-0.05, 0) is 36.0 Å². The maximum absolute atomic E-state index is 6.15. The minimum atomic E-state index is -1.24. The van der Waals surface area contributed by atoms with E-state index < -0.39 is 8.07 Å². The van der Waals surface area contributed by atoms with E-state index in [1.165, 1.54) is 10.8 Å². The Morgan fingerprint density at radius 3 is 2.36 bits per heavy atom. The van der Waals surface area contributed by atoms with Crippen molar-refractivity contribution in [3.8, 4) is 22.6 Å². The van der Waals surface area contributed by atoms with E-state index in [0.717, 1.165) is 62.2 Å². The van der Waals surface area contributed by atoms with Gasteiger partial charge in [0.05, 0.1) is 30.5 Å². The average molecular weight is 744 g/mol. The van der Waals surface area contributed by atoms with Gasteiger partial charge in [-0.1, -0.05) is 80.0 Å². The van der Waals surface area contributed by atoms with Gasteiger partial charge in [0.2, 0.25) is 0 Å². The van der Waals surface area contributed by atoms with E-state index in [1.54, 1.807) is 0 Å². The van der Waals surface area contributed by atoms with Crippen LogP contribution in [0.4, 0.5) is 0 Å². The van der Waals surface area contributed by atoms with Gasteiger partial charge in [0.25, 0.3) is 0 Å². The number of hydrogen-bond donors (Lipinski definition) is 0. The minimum absolute atomic E-state index is 0. The summed E-state index contributed by atoms with van der Waals surface area (Å²) in [6, 6.07) is 37.5. The molecule has 0 N–H and O–H groups in total. The van der Waals surface area contributed by atoms with Gasteiger partial charge in [-0.15, -0.1) is 53.6 Å². The smallest absolute Gasteiger partial charge is 0.120 e. The van der Waals surface area contributed by atoms with Crippen LogP contribution in [-0.4, -0.2) is 22.6 Å².